The number of fused-ring (bicyclic) bond motifs is 1. The van der Waals surface area contributed by atoms with Gasteiger partial charge in [0.05, 0.1) is 31.7 Å². The van der Waals surface area contributed by atoms with Crippen LogP contribution in [0.5, 0.6) is 0 Å². The van der Waals surface area contributed by atoms with E-state index in [1.54, 1.807) is 22.2 Å². The van der Waals surface area contributed by atoms with E-state index in [1.165, 1.54) is 17.6 Å². The lowest BCUT2D eigenvalue weighted by Crippen LogP contribution is -2.73. The first-order valence-corrected chi connectivity index (χ1v) is 11.0. The third-order valence-corrected chi connectivity index (χ3v) is 6.92. The lowest BCUT2D eigenvalue weighted by atomic mass is 9.73. The number of aliphatic hydroxyl groups is 1. The van der Waals surface area contributed by atoms with Crippen molar-refractivity contribution in [2.75, 3.05) is 19.7 Å². The summed E-state index contributed by atoms with van der Waals surface area (Å²) in [7, 11) is 0. The van der Waals surface area contributed by atoms with Crippen molar-refractivity contribution in [3.05, 3.63) is 71.6 Å². The van der Waals surface area contributed by atoms with Gasteiger partial charge in [0, 0.05) is 24.9 Å². The zero-order chi connectivity index (χ0) is 21.4. The second-order valence-corrected chi connectivity index (χ2v) is 8.69. The minimum Gasteiger partial charge on any atom is -0.394 e. The zero-order valence-electron chi connectivity index (χ0n) is 17.5. The molecule has 0 saturated carbocycles. The maximum atomic E-state index is 12.9. The van der Waals surface area contributed by atoms with Crippen LogP contribution in [0.4, 0.5) is 0 Å². The Bertz CT molecular complexity index is 1000. The third-order valence-electron chi connectivity index (χ3n) is 6.92. The van der Waals surface area contributed by atoms with Gasteiger partial charge < -0.3 is 14.9 Å². The van der Waals surface area contributed by atoms with Gasteiger partial charge in [-0.05, 0) is 53.7 Å². The molecule has 1 aromatic carbocycles. The van der Waals surface area contributed by atoms with Crippen molar-refractivity contribution in [3.8, 4) is 0 Å². The summed E-state index contributed by atoms with van der Waals surface area (Å²) in [6.45, 7) is 0.519. The van der Waals surface area contributed by atoms with Crippen molar-refractivity contribution in [3.63, 3.8) is 0 Å². The van der Waals surface area contributed by atoms with Gasteiger partial charge in [0.1, 0.15) is 0 Å². The number of hydrogen-bond acceptors (Lipinski definition) is 4. The average molecular weight is 418 g/mol. The average Bonchev–Trinajstić information content (AvgIpc) is 3.31. The second-order valence-electron chi connectivity index (χ2n) is 8.69. The maximum Gasteiger partial charge on any atom is 0.242 e. The lowest BCUT2D eigenvalue weighted by molar-refractivity contribution is -0.166. The highest BCUT2D eigenvalue weighted by atomic mass is 16.3. The Hall–Kier alpha value is -2.99. The molecule has 1 N–H and O–H groups in total. The number of allylic oxidation sites excluding steroid dienone is 2. The number of pyridine rings is 1. The van der Waals surface area contributed by atoms with Crippen LogP contribution >= 0.6 is 0 Å². The Morgan fingerprint density at radius 2 is 1.90 bits per heavy atom. The fraction of sp³-hybridized carbons (Fsp3) is 0.400. The standard InChI is InChI=1S/C25H27N3O3/c29-16-22-25(20-7-5-19(6-8-20)18-3-1-2-4-18)21-14-27(15-24(31)28(21)22)23(30)13-17-9-11-26-12-10-17/h3,5-12,21-22,25,29H,1-2,4,13-16H2/t21-,22+,25-/m1/s1. The van der Waals surface area contributed by atoms with Crippen molar-refractivity contribution in [2.45, 2.75) is 43.7 Å². The van der Waals surface area contributed by atoms with Crippen molar-refractivity contribution >= 4 is 17.4 Å². The van der Waals surface area contributed by atoms with E-state index in [0.29, 0.717) is 6.54 Å². The maximum absolute atomic E-state index is 12.9. The van der Waals surface area contributed by atoms with Crippen LogP contribution in [0.15, 0.2) is 54.9 Å². The monoisotopic (exact) mass is 417 g/mol. The molecule has 6 heteroatoms. The minimum atomic E-state index is -0.216. The van der Waals surface area contributed by atoms with Crippen LogP contribution < -0.4 is 0 Å². The van der Waals surface area contributed by atoms with Gasteiger partial charge in [0.15, 0.2) is 0 Å². The smallest absolute Gasteiger partial charge is 0.242 e. The number of hydrogen-bond donors (Lipinski definition) is 1. The first-order valence-electron chi connectivity index (χ1n) is 11.0. The molecular formula is C25H27N3O3. The highest BCUT2D eigenvalue weighted by molar-refractivity contribution is 5.88. The summed E-state index contributed by atoms with van der Waals surface area (Å²) >= 11 is 0. The largest absolute Gasteiger partial charge is 0.394 e. The Balaban J connectivity index is 1.33. The van der Waals surface area contributed by atoms with E-state index >= 15 is 0 Å². The fourth-order valence-electron chi connectivity index (χ4n) is 5.33. The quantitative estimate of drug-likeness (QED) is 0.811. The van der Waals surface area contributed by atoms with E-state index in [4.69, 9.17) is 0 Å². The molecule has 3 atom stereocenters. The normalized spacial score (nSPS) is 25.1. The Labute approximate surface area is 182 Å². The van der Waals surface area contributed by atoms with Crippen LogP contribution in [0.1, 0.15) is 41.9 Å². The van der Waals surface area contributed by atoms with Gasteiger partial charge in [-0.2, -0.15) is 0 Å². The molecule has 5 rings (SSSR count). The molecule has 0 spiro atoms. The number of aromatic nitrogens is 1. The molecule has 1 aliphatic carbocycles. The molecule has 1 aromatic heterocycles. The lowest BCUT2D eigenvalue weighted by Gasteiger charge is -2.58. The van der Waals surface area contributed by atoms with Crippen LogP contribution in [0.25, 0.3) is 5.57 Å². The molecule has 6 nitrogen and oxygen atoms in total. The number of carbonyl (C=O) groups excluding carboxylic acids is 2. The Morgan fingerprint density at radius 1 is 1.13 bits per heavy atom. The number of amides is 2. The zero-order valence-corrected chi connectivity index (χ0v) is 17.5. The molecule has 160 valence electrons. The molecule has 3 heterocycles. The van der Waals surface area contributed by atoms with E-state index in [-0.39, 0.29) is 49.4 Å². The highest BCUT2D eigenvalue weighted by Crippen LogP contribution is 2.43. The van der Waals surface area contributed by atoms with E-state index in [0.717, 1.165) is 24.0 Å². The molecule has 31 heavy (non-hydrogen) atoms. The Morgan fingerprint density at radius 3 is 2.58 bits per heavy atom. The van der Waals surface area contributed by atoms with Crippen molar-refractivity contribution in [1.82, 2.24) is 14.8 Å². The van der Waals surface area contributed by atoms with E-state index in [1.807, 2.05) is 12.1 Å². The van der Waals surface area contributed by atoms with Crippen molar-refractivity contribution in [2.24, 2.45) is 0 Å². The summed E-state index contributed by atoms with van der Waals surface area (Å²) < 4.78 is 0. The predicted octanol–water partition coefficient (Wildman–Crippen LogP) is 2.39. The van der Waals surface area contributed by atoms with Gasteiger partial charge in [-0.3, -0.25) is 14.6 Å². The van der Waals surface area contributed by atoms with Gasteiger partial charge in [-0.1, -0.05) is 30.3 Å². The molecule has 2 aliphatic heterocycles. The summed E-state index contributed by atoms with van der Waals surface area (Å²) in [5.41, 5.74) is 4.68. The van der Waals surface area contributed by atoms with Gasteiger partial charge >= 0.3 is 0 Å². The fourth-order valence-corrected chi connectivity index (χ4v) is 5.33. The summed E-state index contributed by atoms with van der Waals surface area (Å²) in [6.07, 6.45) is 9.41. The SMILES string of the molecule is O=C(Cc1ccncc1)N1CC(=O)N2[C@H](C1)[C@@H](c1ccc(C3=CCCC3)cc1)[C@@H]2CO. The van der Waals surface area contributed by atoms with E-state index in [2.05, 4.69) is 35.3 Å². The summed E-state index contributed by atoms with van der Waals surface area (Å²) in [5, 5.41) is 9.98. The van der Waals surface area contributed by atoms with Crippen LogP contribution in [0, 0.1) is 0 Å². The van der Waals surface area contributed by atoms with Gasteiger partial charge in [0.25, 0.3) is 0 Å². The predicted molar refractivity (Wildman–Crippen MR) is 117 cm³/mol. The van der Waals surface area contributed by atoms with Crippen LogP contribution in [0.3, 0.4) is 0 Å². The van der Waals surface area contributed by atoms with Crippen LogP contribution in [-0.4, -0.2) is 63.5 Å². The first-order chi connectivity index (χ1) is 15.2. The van der Waals surface area contributed by atoms with Gasteiger partial charge in [-0.15, -0.1) is 0 Å². The molecular weight excluding hydrogens is 390 g/mol. The van der Waals surface area contributed by atoms with E-state index in [9.17, 15) is 14.7 Å². The topological polar surface area (TPSA) is 73.7 Å². The van der Waals surface area contributed by atoms with Gasteiger partial charge in [-0.25, -0.2) is 0 Å². The number of carbonyl (C=O) groups is 2. The van der Waals surface area contributed by atoms with Gasteiger partial charge in [0.2, 0.25) is 11.8 Å². The molecule has 2 amide bonds. The summed E-state index contributed by atoms with van der Waals surface area (Å²) in [4.78, 5) is 33.1. The number of benzene rings is 1. The Kier molecular flexibility index (Phi) is 5.32. The molecule has 0 bridgehead atoms. The molecule has 0 radical (unpaired) electrons. The minimum absolute atomic E-state index is 0.0390. The highest BCUT2D eigenvalue weighted by Gasteiger charge is 2.54. The molecule has 2 fully saturated rings. The summed E-state index contributed by atoms with van der Waals surface area (Å²) in [6, 6.07) is 11.9. The molecule has 0 unspecified atom stereocenters. The number of piperazine rings is 1. The number of rotatable bonds is 5. The van der Waals surface area contributed by atoms with Crippen LogP contribution in [0.2, 0.25) is 0 Å². The number of nitrogens with zero attached hydrogens (tertiary/aromatic N) is 3. The third kappa shape index (κ3) is 3.65. The van der Waals surface area contributed by atoms with Crippen molar-refractivity contribution in [1.29, 1.82) is 0 Å². The van der Waals surface area contributed by atoms with Crippen molar-refractivity contribution < 1.29 is 14.7 Å². The molecule has 3 aliphatic rings. The molecule has 2 aromatic rings. The van der Waals surface area contributed by atoms with E-state index < -0.39 is 0 Å². The number of aliphatic hydroxyl groups excluding tert-OH is 1. The van der Waals surface area contributed by atoms with Crippen LogP contribution in [-0.2, 0) is 16.0 Å². The first kappa shape index (κ1) is 19.9. The second kappa shape index (κ2) is 8.27. The summed E-state index contributed by atoms with van der Waals surface area (Å²) in [5.74, 6) is -0.0895. The molecule has 2 saturated heterocycles.